The van der Waals surface area contributed by atoms with Crippen LogP contribution in [0.2, 0.25) is 0 Å². The molecule has 2 aromatic rings. The number of aryl methyl sites for hydroxylation is 1. The van der Waals surface area contributed by atoms with Crippen LogP contribution in [0.3, 0.4) is 0 Å². The summed E-state index contributed by atoms with van der Waals surface area (Å²) in [6.07, 6.45) is 0.207. The molecule has 0 fully saturated rings. The third-order valence-corrected chi connectivity index (χ3v) is 5.23. The third kappa shape index (κ3) is 4.17. The monoisotopic (exact) mass is 340 g/mol. The van der Waals surface area contributed by atoms with E-state index < -0.39 is 0 Å². The fraction of sp³-hybridized carbons (Fsp3) is 0.263. The molecule has 1 atom stereocenters. The maximum Gasteiger partial charge on any atom is 0.228 e. The maximum atomic E-state index is 12.3. The molecule has 0 aromatic heterocycles. The molecule has 0 unspecified atom stereocenters. The second-order valence-electron chi connectivity index (χ2n) is 5.96. The summed E-state index contributed by atoms with van der Waals surface area (Å²) in [6.45, 7) is 2.52. The first-order valence-corrected chi connectivity index (χ1v) is 8.95. The highest BCUT2D eigenvalue weighted by Crippen LogP contribution is 2.33. The van der Waals surface area contributed by atoms with Crippen LogP contribution in [0.25, 0.3) is 0 Å². The number of carbonyl (C=O) groups is 2. The molecule has 1 heterocycles. The number of anilines is 1. The number of hydrogen-bond donors (Lipinski definition) is 2. The molecule has 124 valence electrons. The van der Waals surface area contributed by atoms with E-state index in [1.165, 1.54) is 5.56 Å². The van der Waals surface area contributed by atoms with Crippen molar-refractivity contribution in [3.05, 3.63) is 59.7 Å². The number of hydrogen-bond acceptors (Lipinski definition) is 3. The molecule has 0 aliphatic carbocycles. The minimum absolute atomic E-state index is 0.0852. The van der Waals surface area contributed by atoms with Crippen molar-refractivity contribution in [3.63, 3.8) is 0 Å². The van der Waals surface area contributed by atoms with Gasteiger partial charge in [0.25, 0.3) is 0 Å². The van der Waals surface area contributed by atoms with Crippen LogP contribution in [0.4, 0.5) is 5.69 Å². The number of amides is 2. The highest BCUT2D eigenvalue weighted by Gasteiger charge is 2.26. The van der Waals surface area contributed by atoms with Gasteiger partial charge in [-0.05, 0) is 24.6 Å². The summed E-state index contributed by atoms with van der Waals surface area (Å²) < 4.78 is 0. The van der Waals surface area contributed by atoms with Crippen molar-refractivity contribution < 1.29 is 9.59 Å². The van der Waals surface area contributed by atoms with Crippen LogP contribution in [0.1, 0.15) is 17.5 Å². The van der Waals surface area contributed by atoms with Crippen LogP contribution >= 0.6 is 11.8 Å². The van der Waals surface area contributed by atoms with Gasteiger partial charge in [0.1, 0.15) is 0 Å². The summed E-state index contributed by atoms with van der Waals surface area (Å²) in [5.41, 5.74) is 3.08. The van der Waals surface area contributed by atoms with Gasteiger partial charge < -0.3 is 10.6 Å². The van der Waals surface area contributed by atoms with Crippen LogP contribution in [-0.4, -0.2) is 17.6 Å². The summed E-state index contributed by atoms with van der Waals surface area (Å²) in [5.74, 6) is 0.112. The summed E-state index contributed by atoms with van der Waals surface area (Å²) in [5, 5.41) is 5.82. The van der Waals surface area contributed by atoms with E-state index in [-0.39, 0.29) is 24.2 Å². The Labute approximate surface area is 146 Å². The fourth-order valence-electron chi connectivity index (χ4n) is 2.55. The molecule has 2 amide bonds. The average molecular weight is 340 g/mol. The number of para-hydroxylation sites is 1. The Hall–Kier alpha value is -2.27. The standard InChI is InChI=1S/C19H20N2O2S/c1-13-6-8-14(9-7-13)11-20-18(22)10-15-12-24-17-5-3-2-4-16(17)21-19(15)23/h2-9,15H,10-12H2,1H3,(H,20,22)(H,21,23)/t15-/m1/s1. The van der Waals surface area contributed by atoms with E-state index in [4.69, 9.17) is 0 Å². The Morgan fingerprint density at radius 1 is 1.21 bits per heavy atom. The zero-order valence-corrected chi connectivity index (χ0v) is 14.4. The summed E-state index contributed by atoms with van der Waals surface area (Å²) in [7, 11) is 0. The molecular weight excluding hydrogens is 320 g/mol. The molecular formula is C19H20N2O2S. The molecule has 0 bridgehead atoms. The maximum absolute atomic E-state index is 12.3. The number of carbonyl (C=O) groups excluding carboxylic acids is 2. The van der Waals surface area contributed by atoms with Crippen molar-refractivity contribution in [1.29, 1.82) is 0 Å². The predicted molar refractivity (Wildman–Crippen MR) is 96.9 cm³/mol. The first-order valence-electron chi connectivity index (χ1n) is 7.97. The van der Waals surface area contributed by atoms with Crippen molar-refractivity contribution >= 4 is 29.3 Å². The minimum atomic E-state index is -0.319. The molecule has 24 heavy (non-hydrogen) atoms. The molecule has 0 saturated heterocycles. The van der Waals surface area contributed by atoms with Gasteiger partial charge in [-0.2, -0.15) is 0 Å². The van der Waals surface area contributed by atoms with Gasteiger partial charge in [0.05, 0.1) is 11.6 Å². The number of thioether (sulfide) groups is 1. The van der Waals surface area contributed by atoms with Crippen molar-refractivity contribution in [2.24, 2.45) is 5.92 Å². The van der Waals surface area contributed by atoms with E-state index in [9.17, 15) is 9.59 Å². The van der Waals surface area contributed by atoms with Gasteiger partial charge in [0, 0.05) is 23.6 Å². The summed E-state index contributed by atoms with van der Waals surface area (Å²) in [4.78, 5) is 25.6. The van der Waals surface area contributed by atoms with E-state index in [0.717, 1.165) is 16.1 Å². The smallest absolute Gasteiger partial charge is 0.228 e. The predicted octanol–water partition coefficient (Wildman–Crippen LogP) is 3.36. The highest BCUT2D eigenvalue weighted by molar-refractivity contribution is 7.99. The Kier molecular flexibility index (Phi) is 5.20. The van der Waals surface area contributed by atoms with E-state index >= 15 is 0 Å². The number of rotatable bonds is 4. The molecule has 1 aliphatic heterocycles. The molecule has 4 nitrogen and oxygen atoms in total. The van der Waals surface area contributed by atoms with Crippen molar-refractivity contribution in [1.82, 2.24) is 5.32 Å². The van der Waals surface area contributed by atoms with Crippen molar-refractivity contribution in [2.45, 2.75) is 24.8 Å². The van der Waals surface area contributed by atoms with Crippen LogP contribution in [0.5, 0.6) is 0 Å². The van der Waals surface area contributed by atoms with E-state index in [1.807, 2.05) is 55.5 Å². The Bertz CT molecular complexity index is 743. The first kappa shape index (κ1) is 16.6. The van der Waals surface area contributed by atoms with E-state index in [2.05, 4.69) is 10.6 Å². The molecule has 5 heteroatoms. The zero-order chi connectivity index (χ0) is 16.9. The minimum Gasteiger partial charge on any atom is -0.352 e. The van der Waals surface area contributed by atoms with E-state index in [1.54, 1.807) is 11.8 Å². The van der Waals surface area contributed by atoms with Crippen LogP contribution in [-0.2, 0) is 16.1 Å². The quantitative estimate of drug-likeness (QED) is 0.897. The summed E-state index contributed by atoms with van der Waals surface area (Å²) in [6, 6.07) is 15.8. The lowest BCUT2D eigenvalue weighted by Crippen LogP contribution is -2.31. The average Bonchev–Trinajstić information content (AvgIpc) is 2.74. The van der Waals surface area contributed by atoms with Gasteiger partial charge in [-0.15, -0.1) is 11.8 Å². The molecule has 0 spiro atoms. The van der Waals surface area contributed by atoms with Gasteiger partial charge in [-0.25, -0.2) is 0 Å². The van der Waals surface area contributed by atoms with Gasteiger partial charge in [0.2, 0.25) is 11.8 Å². The van der Waals surface area contributed by atoms with E-state index in [0.29, 0.717) is 12.3 Å². The third-order valence-electron chi connectivity index (χ3n) is 4.00. The van der Waals surface area contributed by atoms with Gasteiger partial charge >= 0.3 is 0 Å². The first-order chi connectivity index (χ1) is 11.6. The fourth-order valence-corrected chi connectivity index (χ4v) is 3.65. The second kappa shape index (κ2) is 7.53. The van der Waals surface area contributed by atoms with Gasteiger partial charge in [-0.1, -0.05) is 42.0 Å². The van der Waals surface area contributed by atoms with Crippen molar-refractivity contribution in [2.75, 3.05) is 11.1 Å². The number of nitrogens with one attached hydrogen (secondary N) is 2. The number of fused-ring (bicyclic) bond motifs is 1. The molecule has 3 rings (SSSR count). The van der Waals surface area contributed by atoms with Crippen LogP contribution < -0.4 is 10.6 Å². The SMILES string of the molecule is Cc1ccc(CNC(=O)C[C@@H]2CSc3ccccc3NC2=O)cc1. The second-order valence-corrected chi connectivity index (χ2v) is 7.02. The number of benzene rings is 2. The van der Waals surface area contributed by atoms with Gasteiger partial charge in [0.15, 0.2) is 0 Å². The lowest BCUT2D eigenvalue weighted by Gasteiger charge is -2.13. The Morgan fingerprint density at radius 2 is 1.96 bits per heavy atom. The normalized spacial score (nSPS) is 16.7. The molecule has 2 aromatic carbocycles. The van der Waals surface area contributed by atoms with Crippen LogP contribution in [0.15, 0.2) is 53.4 Å². The largest absolute Gasteiger partial charge is 0.352 e. The molecule has 0 saturated carbocycles. The van der Waals surface area contributed by atoms with Crippen molar-refractivity contribution in [3.8, 4) is 0 Å². The van der Waals surface area contributed by atoms with Crippen LogP contribution in [0, 0.1) is 12.8 Å². The van der Waals surface area contributed by atoms with Gasteiger partial charge in [-0.3, -0.25) is 9.59 Å². The topological polar surface area (TPSA) is 58.2 Å². The molecule has 1 aliphatic rings. The highest BCUT2D eigenvalue weighted by atomic mass is 32.2. The molecule has 0 radical (unpaired) electrons. The zero-order valence-electron chi connectivity index (χ0n) is 13.5. The summed E-state index contributed by atoms with van der Waals surface area (Å²) >= 11 is 1.62. The Balaban J connectivity index is 1.55. The molecule has 2 N–H and O–H groups in total. The lowest BCUT2D eigenvalue weighted by molar-refractivity contribution is -0.126. The lowest BCUT2D eigenvalue weighted by atomic mass is 10.1. The Morgan fingerprint density at radius 3 is 2.75 bits per heavy atom.